The number of rotatable bonds is 5. The van der Waals surface area contributed by atoms with E-state index in [9.17, 15) is 9.59 Å². The summed E-state index contributed by atoms with van der Waals surface area (Å²) in [6.07, 6.45) is 3.00. The number of aliphatic carboxylic acids is 1. The van der Waals surface area contributed by atoms with Gasteiger partial charge in [0, 0.05) is 25.2 Å². The number of nitrogens with zero attached hydrogens (tertiary/aromatic N) is 2. The van der Waals surface area contributed by atoms with E-state index in [1.165, 1.54) is 0 Å². The molecule has 0 saturated carbocycles. The highest BCUT2D eigenvalue weighted by Gasteiger charge is 2.31. The Balaban J connectivity index is 2.53. The standard InChI is InChI=1S/C15H26N2O4/c1-5-8-17(15(2,3)4)14(20)16-9-6-12(7-10-16)21-11-13(18)19/h5,12H,1,6-11H2,2-4H3,(H,18,19). The van der Waals surface area contributed by atoms with Crippen LogP contribution in [0.4, 0.5) is 4.79 Å². The molecule has 1 rings (SSSR count). The number of carboxylic acids is 1. The highest BCUT2D eigenvalue weighted by molar-refractivity contribution is 5.75. The van der Waals surface area contributed by atoms with E-state index in [1.807, 2.05) is 20.8 Å². The normalized spacial score (nSPS) is 16.6. The van der Waals surface area contributed by atoms with Crippen LogP contribution in [0.3, 0.4) is 0 Å². The maximum absolute atomic E-state index is 12.6. The van der Waals surface area contributed by atoms with Crippen LogP contribution in [0.2, 0.25) is 0 Å². The first-order valence-electron chi connectivity index (χ1n) is 7.26. The fraction of sp³-hybridized carbons (Fsp3) is 0.733. The fourth-order valence-electron chi connectivity index (χ4n) is 2.34. The van der Waals surface area contributed by atoms with E-state index in [0.717, 1.165) is 0 Å². The summed E-state index contributed by atoms with van der Waals surface area (Å²) in [4.78, 5) is 26.6. The molecule has 0 spiro atoms. The molecule has 1 N–H and O–H groups in total. The van der Waals surface area contributed by atoms with Crippen molar-refractivity contribution >= 4 is 12.0 Å². The molecule has 1 fully saturated rings. The van der Waals surface area contributed by atoms with Crippen LogP contribution in [0.1, 0.15) is 33.6 Å². The summed E-state index contributed by atoms with van der Waals surface area (Å²) in [7, 11) is 0. The number of urea groups is 1. The number of amides is 2. The molecule has 0 aromatic carbocycles. The number of carbonyl (C=O) groups is 2. The topological polar surface area (TPSA) is 70.1 Å². The Labute approximate surface area is 126 Å². The molecule has 2 amide bonds. The minimum Gasteiger partial charge on any atom is -0.480 e. The van der Waals surface area contributed by atoms with E-state index in [-0.39, 0.29) is 24.3 Å². The lowest BCUT2D eigenvalue weighted by molar-refractivity contribution is -0.145. The monoisotopic (exact) mass is 298 g/mol. The van der Waals surface area contributed by atoms with Gasteiger partial charge in [0.1, 0.15) is 6.61 Å². The van der Waals surface area contributed by atoms with Crippen LogP contribution in [0.5, 0.6) is 0 Å². The van der Waals surface area contributed by atoms with Gasteiger partial charge in [-0.3, -0.25) is 0 Å². The van der Waals surface area contributed by atoms with E-state index in [2.05, 4.69) is 6.58 Å². The number of hydrogen-bond acceptors (Lipinski definition) is 3. The number of likely N-dealkylation sites (tertiary alicyclic amines) is 1. The van der Waals surface area contributed by atoms with Crippen LogP contribution in [0.15, 0.2) is 12.7 Å². The Morgan fingerprint density at radius 3 is 2.38 bits per heavy atom. The molecule has 0 atom stereocenters. The third-order valence-corrected chi connectivity index (χ3v) is 3.51. The molecule has 0 aliphatic carbocycles. The number of carbonyl (C=O) groups excluding carboxylic acids is 1. The van der Waals surface area contributed by atoms with Gasteiger partial charge in [0.25, 0.3) is 0 Å². The molecule has 0 bridgehead atoms. The van der Waals surface area contributed by atoms with Crippen LogP contribution in [-0.4, -0.2) is 64.8 Å². The van der Waals surface area contributed by atoms with Crippen LogP contribution in [-0.2, 0) is 9.53 Å². The first-order valence-corrected chi connectivity index (χ1v) is 7.26. The molecule has 0 aromatic rings. The first kappa shape index (κ1) is 17.5. The van der Waals surface area contributed by atoms with Gasteiger partial charge in [-0.1, -0.05) is 6.08 Å². The number of hydrogen-bond donors (Lipinski definition) is 1. The van der Waals surface area contributed by atoms with Crippen LogP contribution in [0.25, 0.3) is 0 Å². The molecule has 21 heavy (non-hydrogen) atoms. The van der Waals surface area contributed by atoms with Crippen molar-refractivity contribution in [2.24, 2.45) is 0 Å². The smallest absolute Gasteiger partial charge is 0.329 e. The Kier molecular flexibility index (Phi) is 6.20. The molecule has 1 saturated heterocycles. The molecule has 1 aliphatic rings. The Hall–Kier alpha value is -1.56. The minimum absolute atomic E-state index is 0.000848. The van der Waals surface area contributed by atoms with Gasteiger partial charge < -0.3 is 19.6 Å². The maximum Gasteiger partial charge on any atom is 0.329 e. The number of ether oxygens (including phenoxy) is 1. The highest BCUT2D eigenvalue weighted by Crippen LogP contribution is 2.20. The zero-order chi connectivity index (χ0) is 16.0. The Bertz CT molecular complexity index is 382. The summed E-state index contributed by atoms with van der Waals surface area (Å²) >= 11 is 0. The van der Waals surface area contributed by atoms with Gasteiger partial charge >= 0.3 is 12.0 Å². The van der Waals surface area contributed by atoms with Crippen LogP contribution in [0, 0.1) is 0 Å². The van der Waals surface area contributed by atoms with Crippen LogP contribution < -0.4 is 0 Å². The average Bonchev–Trinajstić information content (AvgIpc) is 2.41. The van der Waals surface area contributed by atoms with Crippen molar-refractivity contribution in [1.29, 1.82) is 0 Å². The van der Waals surface area contributed by atoms with Gasteiger partial charge in [-0.05, 0) is 33.6 Å². The summed E-state index contributed by atoms with van der Waals surface area (Å²) in [5, 5.41) is 8.60. The van der Waals surface area contributed by atoms with Crippen molar-refractivity contribution in [3.8, 4) is 0 Å². The summed E-state index contributed by atoms with van der Waals surface area (Å²) in [5.41, 5.74) is -0.262. The fourth-order valence-corrected chi connectivity index (χ4v) is 2.34. The quantitative estimate of drug-likeness (QED) is 0.788. The molecular weight excluding hydrogens is 272 g/mol. The predicted molar refractivity (Wildman–Crippen MR) is 80.2 cm³/mol. The second-order valence-corrected chi connectivity index (χ2v) is 6.24. The maximum atomic E-state index is 12.6. The number of carboxylic acid groups (broad SMARTS) is 1. The van der Waals surface area contributed by atoms with E-state index in [0.29, 0.717) is 32.5 Å². The third kappa shape index (κ3) is 5.38. The van der Waals surface area contributed by atoms with Crippen molar-refractivity contribution in [2.75, 3.05) is 26.2 Å². The molecular formula is C15H26N2O4. The van der Waals surface area contributed by atoms with Crippen LogP contribution >= 0.6 is 0 Å². The van der Waals surface area contributed by atoms with Gasteiger partial charge in [-0.25, -0.2) is 9.59 Å². The zero-order valence-corrected chi connectivity index (χ0v) is 13.2. The summed E-state index contributed by atoms with van der Waals surface area (Å²) < 4.78 is 5.28. The summed E-state index contributed by atoms with van der Waals surface area (Å²) in [6, 6.07) is -0.000848. The molecule has 0 aromatic heterocycles. The van der Waals surface area contributed by atoms with E-state index >= 15 is 0 Å². The lowest BCUT2D eigenvalue weighted by atomic mass is 10.1. The van der Waals surface area contributed by atoms with Crippen molar-refractivity contribution in [2.45, 2.75) is 45.3 Å². The summed E-state index contributed by atoms with van der Waals surface area (Å²) in [5.74, 6) is -0.960. The lowest BCUT2D eigenvalue weighted by Crippen LogP contribution is -2.54. The van der Waals surface area contributed by atoms with E-state index in [1.54, 1.807) is 15.9 Å². The third-order valence-electron chi connectivity index (χ3n) is 3.51. The largest absolute Gasteiger partial charge is 0.480 e. The zero-order valence-electron chi connectivity index (χ0n) is 13.2. The Morgan fingerprint density at radius 1 is 1.38 bits per heavy atom. The Morgan fingerprint density at radius 2 is 1.95 bits per heavy atom. The number of piperidine rings is 1. The predicted octanol–water partition coefficient (Wildman–Crippen LogP) is 1.96. The first-order chi connectivity index (χ1) is 9.75. The van der Waals surface area contributed by atoms with Gasteiger partial charge in [-0.2, -0.15) is 0 Å². The van der Waals surface area contributed by atoms with Gasteiger partial charge in [0.05, 0.1) is 6.10 Å². The van der Waals surface area contributed by atoms with Gasteiger partial charge in [-0.15, -0.1) is 6.58 Å². The second-order valence-electron chi connectivity index (χ2n) is 6.24. The van der Waals surface area contributed by atoms with Crippen molar-refractivity contribution in [3.63, 3.8) is 0 Å². The van der Waals surface area contributed by atoms with E-state index in [4.69, 9.17) is 9.84 Å². The minimum atomic E-state index is -0.960. The second kappa shape index (κ2) is 7.45. The molecule has 0 unspecified atom stereocenters. The van der Waals surface area contributed by atoms with Gasteiger partial charge in [0.2, 0.25) is 0 Å². The van der Waals surface area contributed by atoms with Crippen molar-refractivity contribution in [3.05, 3.63) is 12.7 Å². The highest BCUT2D eigenvalue weighted by atomic mass is 16.5. The van der Waals surface area contributed by atoms with Crippen molar-refractivity contribution in [1.82, 2.24) is 9.80 Å². The van der Waals surface area contributed by atoms with E-state index < -0.39 is 5.97 Å². The molecule has 1 heterocycles. The summed E-state index contributed by atoms with van der Waals surface area (Å²) in [6.45, 7) is 11.1. The average molecular weight is 298 g/mol. The van der Waals surface area contributed by atoms with Gasteiger partial charge in [0.15, 0.2) is 0 Å². The SMILES string of the molecule is C=CCN(C(=O)N1CCC(OCC(=O)O)CC1)C(C)(C)C. The molecule has 6 nitrogen and oxygen atoms in total. The molecule has 0 radical (unpaired) electrons. The molecule has 6 heteroatoms. The van der Waals surface area contributed by atoms with Crippen molar-refractivity contribution < 1.29 is 19.4 Å². The molecule has 1 aliphatic heterocycles. The lowest BCUT2D eigenvalue weighted by Gasteiger charge is -2.41. The molecule has 120 valence electrons.